The number of benzene rings is 6. The SMILES string of the molecule is COc1ccc(OCC(=O)Nc2ccc(C3(c4ccc(NC(=O)COc5ccc(OC)cc5)cc4)c4ccccc4-c4ccccc43)cc2)cc1. The molecule has 0 aromatic heterocycles. The van der Waals surface area contributed by atoms with E-state index in [9.17, 15) is 9.59 Å². The van der Waals surface area contributed by atoms with Crippen molar-refractivity contribution in [1.29, 1.82) is 0 Å². The van der Waals surface area contributed by atoms with E-state index in [0.29, 0.717) is 34.4 Å². The van der Waals surface area contributed by atoms with Gasteiger partial charge in [0, 0.05) is 11.4 Å². The van der Waals surface area contributed by atoms with Gasteiger partial charge in [-0.15, -0.1) is 0 Å². The Morgan fingerprint density at radius 2 is 0.824 bits per heavy atom. The second-order valence-electron chi connectivity index (χ2n) is 12.0. The molecule has 0 atom stereocenters. The molecule has 0 bridgehead atoms. The minimum atomic E-state index is -0.646. The molecule has 0 heterocycles. The number of hydrogen-bond acceptors (Lipinski definition) is 6. The lowest BCUT2D eigenvalue weighted by atomic mass is 9.67. The Bertz CT molecular complexity index is 1990. The first kappa shape index (κ1) is 33.0. The monoisotopic (exact) mass is 676 g/mol. The molecule has 8 nitrogen and oxygen atoms in total. The Kier molecular flexibility index (Phi) is 9.39. The van der Waals surface area contributed by atoms with E-state index in [1.54, 1.807) is 62.8 Å². The van der Waals surface area contributed by atoms with Crippen LogP contribution in [0.25, 0.3) is 11.1 Å². The number of rotatable bonds is 12. The highest BCUT2D eigenvalue weighted by molar-refractivity contribution is 5.93. The normalized spacial score (nSPS) is 12.2. The fourth-order valence-corrected chi connectivity index (χ4v) is 6.67. The van der Waals surface area contributed by atoms with Crippen LogP contribution >= 0.6 is 0 Å². The summed E-state index contributed by atoms with van der Waals surface area (Å²) in [5, 5.41) is 5.90. The maximum atomic E-state index is 12.8. The first-order chi connectivity index (χ1) is 25.0. The zero-order chi connectivity index (χ0) is 35.2. The van der Waals surface area contributed by atoms with E-state index in [1.807, 2.05) is 24.3 Å². The highest BCUT2D eigenvalue weighted by atomic mass is 16.5. The topological polar surface area (TPSA) is 95.1 Å². The summed E-state index contributed by atoms with van der Waals surface area (Å²) in [6, 6.07) is 47.0. The van der Waals surface area contributed by atoms with Gasteiger partial charge in [-0.25, -0.2) is 0 Å². The van der Waals surface area contributed by atoms with Gasteiger partial charge in [-0.1, -0.05) is 72.8 Å². The van der Waals surface area contributed by atoms with Crippen LogP contribution in [0.1, 0.15) is 22.3 Å². The average molecular weight is 677 g/mol. The quantitative estimate of drug-likeness (QED) is 0.136. The first-order valence-corrected chi connectivity index (χ1v) is 16.5. The molecule has 2 N–H and O–H groups in total. The Balaban J connectivity index is 1.13. The van der Waals surface area contributed by atoms with Crippen LogP contribution in [-0.4, -0.2) is 39.2 Å². The van der Waals surface area contributed by atoms with E-state index < -0.39 is 5.41 Å². The van der Waals surface area contributed by atoms with Crippen molar-refractivity contribution in [2.45, 2.75) is 5.41 Å². The summed E-state index contributed by atoms with van der Waals surface area (Å²) in [6.07, 6.45) is 0. The summed E-state index contributed by atoms with van der Waals surface area (Å²) < 4.78 is 21.7. The van der Waals surface area contributed by atoms with Crippen molar-refractivity contribution in [1.82, 2.24) is 0 Å². The van der Waals surface area contributed by atoms with Gasteiger partial charge in [-0.05, 0) is 106 Å². The maximum Gasteiger partial charge on any atom is 0.262 e. The van der Waals surface area contributed by atoms with E-state index in [1.165, 1.54) is 0 Å². The van der Waals surface area contributed by atoms with E-state index in [4.69, 9.17) is 18.9 Å². The van der Waals surface area contributed by atoms with Crippen LogP contribution in [-0.2, 0) is 15.0 Å². The molecule has 0 spiro atoms. The zero-order valence-corrected chi connectivity index (χ0v) is 28.2. The summed E-state index contributed by atoms with van der Waals surface area (Å²) in [5.74, 6) is 2.05. The van der Waals surface area contributed by atoms with Crippen molar-refractivity contribution in [2.24, 2.45) is 0 Å². The predicted molar refractivity (Wildman–Crippen MR) is 198 cm³/mol. The second-order valence-corrected chi connectivity index (χ2v) is 12.0. The molecule has 1 aliphatic carbocycles. The standard InChI is InChI=1S/C43H36N2O6/c1-48-33-19-23-35(24-20-33)50-27-41(46)44-31-15-11-29(12-16-31)43(39-9-5-3-7-37(39)38-8-4-6-10-40(38)43)30-13-17-32(18-14-30)45-42(47)28-51-36-25-21-34(49-2)22-26-36/h3-26H,27-28H2,1-2H3,(H,44,46)(H,45,47). The van der Waals surface area contributed by atoms with Gasteiger partial charge in [-0.3, -0.25) is 9.59 Å². The zero-order valence-electron chi connectivity index (χ0n) is 28.2. The number of methoxy groups -OCH3 is 2. The number of carbonyl (C=O) groups excluding carboxylic acids is 2. The van der Waals surface area contributed by atoms with Crippen LogP contribution in [0.5, 0.6) is 23.0 Å². The van der Waals surface area contributed by atoms with Crippen molar-refractivity contribution >= 4 is 23.2 Å². The molecule has 6 aromatic carbocycles. The number of amides is 2. The fraction of sp³-hybridized carbons (Fsp3) is 0.116. The number of hydrogen-bond donors (Lipinski definition) is 2. The highest BCUT2D eigenvalue weighted by Crippen LogP contribution is 2.56. The fourth-order valence-electron chi connectivity index (χ4n) is 6.67. The lowest BCUT2D eigenvalue weighted by Gasteiger charge is -2.34. The molecule has 0 saturated heterocycles. The van der Waals surface area contributed by atoms with Gasteiger partial charge >= 0.3 is 0 Å². The third-order valence-electron chi connectivity index (χ3n) is 9.01. The molecule has 1 aliphatic rings. The summed E-state index contributed by atoms with van der Waals surface area (Å²) >= 11 is 0. The van der Waals surface area contributed by atoms with Crippen LogP contribution in [0.2, 0.25) is 0 Å². The maximum absolute atomic E-state index is 12.8. The number of carbonyl (C=O) groups is 2. The molecule has 0 saturated carbocycles. The Morgan fingerprint density at radius 3 is 1.20 bits per heavy atom. The molecule has 254 valence electrons. The van der Waals surface area contributed by atoms with Crippen molar-refractivity contribution in [3.63, 3.8) is 0 Å². The van der Waals surface area contributed by atoms with Gasteiger partial charge in [0.2, 0.25) is 0 Å². The lowest BCUT2D eigenvalue weighted by molar-refractivity contribution is -0.118. The van der Waals surface area contributed by atoms with Gasteiger partial charge in [-0.2, -0.15) is 0 Å². The molecule has 0 aliphatic heterocycles. The van der Waals surface area contributed by atoms with Crippen molar-refractivity contribution in [3.8, 4) is 34.1 Å². The van der Waals surface area contributed by atoms with Crippen LogP contribution in [0.4, 0.5) is 11.4 Å². The van der Waals surface area contributed by atoms with Gasteiger partial charge in [0.25, 0.3) is 11.8 Å². The van der Waals surface area contributed by atoms with Crippen molar-refractivity contribution < 1.29 is 28.5 Å². The molecular weight excluding hydrogens is 640 g/mol. The molecule has 51 heavy (non-hydrogen) atoms. The predicted octanol–water partition coefficient (Wildman–Crippen LogP) is 8.10. The summed E-state index contributed by atoms with van der Waals surface area (Å²) in [6.45, 7) is -0.259. The molecule has 0 radical (unpaired) electrons. The highest BCUT2D eigenvalue weighted by Gasteiger charge is 2.45. The Hall–Kier alpha value is -6.54. The van der Waals surface area contributed by atoms with Crippen LogP contribution in [0, 0.1) is 0 Å². The molecule has 0 fully saturated rings. The molecular formula is C43H36N2O6. The number of fused-ring (bicyclic) bond motifs is 3. The molecule has 6 aromatic rings. The van der Waals surface area contributed by atoms with Crippen molar-refractivity contribution in [3.05, 3.63) is 168 Å². The Morgan fingerprint density at radius 1 is 0.471 bits per heavy atom. The molecule has 7 rings (SSSR count). The van der Waals surface area contributed by atoms with Gasteiger partial charge in [0.1, 0.15) is 23.0 Å². The minimum absolute atomic E-state index is 0.130. The lowest BCUT2D eigenvalue weighted by Crippen LogP contribution is -2.28. The number of nitrogens with one attached hydrogen (secondary N) is 2. The third-order valence-corrected chi connectivity index (χ3v) is 9.01. The van der Waals surface area contributed by atoms with Crippen molar-refractivity contribution in [2.75, 3.05) is 38.1 Å². The smallest absolute Gasteiger partial charge is 0.262 e. The summed E-state index contributed by atoms with van der Waals surface area (Å²) in [4.78, 5) is 25.6. The number of ether oxygens (including phenoxy) is 4. The van der Waals surface area contributed by atoms with E-state index in [0.717, 1.165) is 33.4 Å². The average Bonchev–Trinajstić information content (AvgIpc) is 3.48. The van der Waals surface area contributed by atoms with Crippen LogP contribution in [0.3, 0.4) is 0 Å². The largest absolute Gasteiger partial charge is 0.497 e. The summed E-state index contributed by atoms with van der Waals surface area (Å²) in [7, 11) is 3.20. The minimum Gasteiger partial charge on any atom is -0.497 e. The Labute approximate surface area is 296 Å². The molecule has 8 heteroatoms. The summed E-state index contributed by atoms with van der Waals surface area (Å²) in [5.41, 5.74) is 7.38. The molecule has 0 unspecified atom stereocenters. The second kappa shape index (κ2) is 14.5. The van der Waals surface area contributed by atoms with E-state index >= 15 is 0 Å². The number of anilines is 2. The van der Waals surface area contributed by atoms with Gasteiger partial charge in [0.05, 0.1) is 19.6 Å². The molecule has 2 amide bonds. The third kappa shape index (κ3) is 6.72. The van der Waals surface area contributed by atoms with Crippen LogP contribution < -0.4 is 29.6 Å². The van der Waals surface area contributed by atoms with Gasteiger partial charge < -0.3 is 29.6 Å². The first-order valence-electron chi connectivity index (χ1n) is 16.5. The van der Waals surface area contributed by atoms with Gasteiger partial charge in [0.15, 0.2) is 13.2 Å². The van der Waals surface area contributed by atoms with E-state index in [2.05, 4.69) is 83.4 Å². The van der Waals surface area contributed by atoms with Crippen LogP contribution in [0.15, 0.2) is 146 Å². The van der Waals surface area contributed by atoms with E-state index in [-0.39, 0.29) is 25.0 Å².